The average Bonchev–Trinajstić information content (AvgIpc) is 3.49. The molecule has 1 saturated heterocycles. The van der Waals surface area contributed by atoms with Crippen LogP contribution in [0.2, 0.25) is 0 Å². The van der Waals surface area contributed by atoms with E-state index in [-0.39, 0.29) is 42.5 Å². The van der Waals surface area contributed by atoms with E-state index in [9.17, 15) is 14.7 Å². The van der Waals surface area contributed by atoms with Crippen LogP contribution >= 0.6 is 0 Å². The van der Waals surface area contributed by atoms with Gasteiger partial charge in [-0.2, -0.15) is 0 Å². The Morgan fingerprint density at radius 2 is 1.70 bits per heavy atom. The number of esters is 1. The van der Waals surface area contributed by atoms with E-state index < -0.39 is 24.1 Å². The van der Waals surface area contributed by atoms with Gasteiger partial charge in [-0.3, -0.25) is 4.79 Å². The molecule has 2 aromatic carbocycles. The molecular formula is C26H30N2O9. The maximum absolute atomic E-state index is 13.0. The van der Waals surface area contributed by atoms with Crippen LogP contribution in [0.4, 0.5) is 4.79 Å². The number of phenolic OH excluding ortho intramolecular Hbond substituents is 1. The molecular weight excluding hydrogens is 484 g/mol. The van der Waals surface area contributed by atoms with Gasteiger partial charge < -0.3 is 43.7 Å². The number of fused-ring (bicyclic) bond motifs is 3. The van der Waals surface area contributed by atoms with Crippen LogP contribution in [0.15, 0.2) is 24.3 Å². The van der Waals surface area contributed by atoms with Crippen molar-refractivity contribution in [3.8, 4) is 28.7 Å². The van der Waals surface area contributed by atoms with Crippen LogP contribution in [-0.4, -0.2) is 76.9 Å². The number of cyclic esters (lactones) is 1. The lowest BCUT2D eigenvalue weighted by atomic mass is 9.66. The van der Waals surface area contributed by atoms with Gasteiger partial charge in [0, 0.05) is 30.5 Å². The smallest absolute Gasteiger partial charge is 0.407 e. The number of nitrogens with zero attached hydrogens (tertiary/aromatic N) is 1. The third kappa shape index (κ3) is 4.43. The summed E-state index contributed by atoms with van der Waals surface area (Å²) in [5.74, 6) is -0.523. The Bertz CT molecular complexity index is 1190. The molecule has 1 amide bonds. The van der Waals surface area contributed by atoms with Crippen molar-refractivity contribution in [3.05, 3.63) is 41.0 Å². The van der Waals surface area contributed by atoms with E-state index in [0.717, 1.165) is 11.1 Å². The van der Waals surface area contributed by atoms with Crippen molar-refractivity contribution >= 4 is 12.1 Å². The fourth-order valence-electron chi connectivity index (χ4n) is 5.31. The molecule has 5 rings (SSSR count). The van der Waals surface area contributed by atoms with Gasteiger partial charge in [0.1, 0.15) is 12.0 Å². The molecule has 2 aliphatic heterocycles. The number of hydrogen-bond donors (Lipinski definition) is 2. The van der Waals surface area contributed by atoms with Gasteiger partial charge in [0.15, 0.2) is 23.0 Å². The Kier molecular flexibility index (Phi) is 6.63. The lowest BCUT2D eigenvalue weighted by molar-refractivity contribution is -0.144. The van der Waals surface area contributed by atoms with E-state index >= 15 is 0 Å². The molecule has 3 aliphatic rings. The molecule has 4 atom stereocenters. The summed E-state index contributed by atoms with van der Waals surface area (Å²) in [7, 11) is 6.71. The first-order valence-electron chi connectivity index (χ1n) is 12.0. The molecule has 1 fully saturated rings. The first-order valence-corrected chi connectivity index (χ1v) is 12.0. The summed E-state index contributed by atoms with van der Waals surface area (Å²) in [6, 6.07) is 7.05. The van der Waals surface area contributed by atoms with Crippen molar-refractivity contribution in [2.45, 2.75) is 12.0 Å². The van der Waals surface area contributed by atoms with Crippen LogP contribution in [0, 0.1) is 11.8 Å². The molecule has 11 heteroatoms. The third-order valence-corrected chi connectivity index (χ3v) is 7.05. The number of alkyl carbamates (subject to hydrolysis) is 1. The van der Waals surface area contributed by atoms with Gasteiger partial charge in [-0.25, -0.2) is 4.79 Å². The topological polar surface area (TPSA) is 125 Å². The fourth-order valence-corrected chi connectivity index (χ4v) is 5.31. The number of methoxy groups -OCH3 is 2. The van der Waals surface area contributed by atoms with Gasteiger partial charge >= 0.3 is 12.1 Å². The number of rotatable bonds is 7. The van der Waals surface area contributed by atoms with Crippen molar-refractivity contribution in [1.82, 2.24) is 10.2 Å². The maximum Gasteiger partial charge on any atom is 0.407 e. The molecule has 2 aromatic rings. The summed E-state index contributed by atoms with van der Waals surface area (Å²) in [5, 5.41) is 13.2. The van der Waals surface area contributed by atoms with E-state index in [1.165, 1.54) is 14.2 Å². The predicted octanol–water partition coefficient (Wildman–Crippen LogP) is 2.40. The zero-order valence-corrected chi connectivity index (χ0v) is 21.1. The summed E-state index contributed by atoms with van der Waals surface area (Å²) < 4.78 is 33.4. The lowest BCUT2D eigenvalue weighted by Gasteiger charge is -2.38. The van der Waals surface area contributed by atoms with Crippen LogP contribution in [0.1, 0.15) is 28.7 Å². The molecule has 11 nitrogen and oxygen atoms in total. The van der Waals surface area contributed by atoms with Gasteiger partial charge in [0.25, 0.3) is 0 Å². The molecule has 0 spiro atoms. The summed E-state index contributed by atoms with van der Waals surface area (Å²) in [6.07, 6.45) is -1.51. The van der Waals surface area contributed by atoms with Crippen LogP contribution in [0.3, 0.4) is 0 Å². The number of ether oxygens (including phenoxy) is 6. The van der Waals surface area contributed by atoms with Crippen molar-refractivity contribution < 1.29 is 43.1 Å². The largest absolute Gasteiger partial charge is 0.502 e. The number of amides is 1. The van der Waals surface area contributed by atoms with E-state index in [2.05, 4.69) is 5.32 Å². The van der Waals surface area contributed by atoms with Crippen molar-refractivity contribution in [1.29, 1.82) is 0 Å². The Hall–Kier alpha value is -3.86. The molecule has 0 unspecified atom stereocenters. The summed E-state index contributed by atoms with van der Waals surface area (Å²) in [6.45, 7) is 1.22. The van der Waals surface area contributed by atoms with Gasteiger partial charge in [0.2, 0.25) is 12.5 Å². The number of phenols is 1. The van der Waals surface area contributed by atoms with E-state index in [1.807, 2.05) is 25.1 Å². The molecule has 0 aromatic heterocycles. The standard InChI is InChI=1S/C26H30N2O9/c1-28(2)6-5-27-26(31)37-24-15-10-18-17(35-12-36-18)9-14(15)21(16-11-34-25(30)22(16)24)13-7-19(32-3)23(29)20(8-13)33-4/h7-10,16,21-22,24,29H,5-6,11-12H2,1-4H3,(H,27,31)/t16-,21-,22+,24-/m1/s1. The molecule has 0 saturated carbocycles. The molecule has 1 aliphatic carbocycles. The van der Waals surface area contributed by atoms with Crippen molar-refractivity contribution in [2.24, 2.45) is 11.8 Å². The molecule has 0 bridgehead atoms. The number of hydrogen-bond acceptors (Lipinski definition) is 10. The molecule has 2 N–H and O–H groups in total. The monoisotopic (exact) mass is 514 g/mol. The summed E-state index contributed by atoms with van der Waals surface area (Å²) in [5.41, 5.74) is 2.17. The zero-order valence-electron chi connectivity index (χ0n) is 21.1. The lowest BCUT2D eigenvalue weighted by Crippen LogP contribution is -2.39. The Labute approximate surface area is 214 Å². The minimum atomic E-state index is -0.888. The number of nitrogens with one attached hydrogen (secondary N) is 1. The number of carbonyl (C=O) groups excluding carboxylic acids is 2. The molecule has 0 radical (unpaired) electrons. The highest BCUT2D eigenvalue weighted by Crippen LogP contribution is 2.56. The van der Waals surface area contributed by atoms with Gasteiger partial charge in [0.05, 0.1) is 20.8 Å². The van der Waals surface area contributed by atoms with E-state index in [1.54, 1.807) is 18.2 Å². The second-order valence-corrected chi connectivity index (χ2v) is 9.46. The first-order chi connectivity index (χ1) is 17.8. The van der Waals surface area contributed by atoms with Crippen molar-refractivity contribution in [2.75, 3.05) is 54.8 Å². The van der Waals surface area contributed by atoms with Crippen LogP contribution in [0.25, 0.3) is 0 Å². The van der Waals surface area contributed by atoms with Crippen LogP contribution in [-0.2, 0) is 14.3 Å². The fraction of sp³-hybridized carbons (Fsp3) is 0.462. The molecule has 198 valence electrons. The molecule has 37 heavy (non-hydrogen) atoms. The summed E-state index contributed by atoms with van der Waals surface area (Å²) in [4.78, 5) is 27.7. The average molecular weight is 515 g/mol. The molecule has 2 heterocycles. The Morgan fingerprint density at radius 3 is 2.32 bits per heavy atom. The third-order valence-electron chi connectivity index (χ3n) is 7.05. The van der Waals surface area contributed by atoms with Crippen LogP contribution < -0.4 is 24.3 Å². The highest BCUT2D eigenvalue weighted by atomic mass is 16.7. The number of aromatic hydroxyl groups is 1. The second-order valence-electron chi connectivity index (χ2n) is 9.46. The Balaban J connectivity index is 1.61. The number of benzene rings is 2. The van der Waals surface area contributed by atoms with Gasteiger partial charge in [-0.1, -0.05) is 0 Å². The minimum Gasteiger partial charge on any atom is -0.502 e. The quantitative estimate of drug-likeness (QED) is 0.532. The Morgan fingerprint density at radius 1 is 1.05 bits per heavy atom. The van der Waals surface area contributed by atoms with E-state index in [4.69, 9.17) is 28.4 Å². The van der Waals surface area contributed by atoms with Gasteiger partial charge in [-0.05, 0) is 49.5 Å². The van der Waals surface area contributed by atoms with Crippen molar-refractivity contribution in [3.63, 3.8) is 0 Å². The number of likely N-dealkylation sites (N-methyl/N-ethyl adjacent to an activating group) is 1. The predicted molar refractivity (Wildman–Crippen MR) is 129 cm³/mol. The number of carbonyl (C=O) groups is 2. The zero-order chi connectivity index (χ0) is 26.3. The SMILES string of the molecule is COc1cc([C@@H]2c3cc4c(cc3[C@@H](OC(=O)NCCN(C)C)[C@H]3C(=O)OC[C@H]23)OCO4)cc(OC)c1O. The normalized spacial score (nSPS) is 23.2. The highest BCUT2D eigenvalue weighted by molar-refractivity contribution is 5.79. The minimum absolute atomic E-state index is 0.0647. The maximum atomic E-state index is 13.0. The summed E-state index contributed by atoms with van der Waals surface area (Å²) >= 11 is 0. The van der Waals surface area contributed by atoms with Gasteiger partial charge in [-0.15, -0.1) is 0 Å². The highest BCUT2D eigenvalue weighted by Gasteiger charge is 2.54. The second kappa shape index (κ2) is 9.89. The van der Waals surface area contributed by atoms with Crippen LogP contribution in [0.5, 0.6) is 28.7 Å². The first kappa shape index (κ1) is 24.8. The van der Waals surface area contributed by atoms with E-state index in [0.29, 0.717) is 30.2 Å².